The van der Waals surface area contributed by atoms with Crippen molar-refractivity contribution in [1.29, 1.82) is 0 Å². The van der Waals surface area contributed by atoms with Crippen LogP contribution in [0.3, 0.4) is 0 Å². The van der Waals surface area contributed by atoms with Crippen LogP contribution in [0.25, 0.3) is 0 Å². The first-order valence-electron chi connectivity index (χ1n) is 6.79. The molecule has 0 aliphatic heterocycles. The molecule has 0 aliphatic carbocycles. The van der Waals surface area contributed by atoms with Gasteiger partial charge in [-0.3, -0.25) is 4.90 Å². The van der Waals surface area contributed by atoms with Gasteiger partial charge in [0.2, 0.25) is 0 Å². The van der Waals surface area contributed by atoms with Gasteiger partial charge < -0.3 is 5.11 Å². The Hall–Kier alpha value is -1.31. The second kappa shape index (κ2) is 8.21. The zero-order valence-electron chi connectivity index (χ0n) is 12.0. The molecular weight excluding hydrogens is 302 g/mol. The van der Waals surface area contributed by atoms with Gasteiger partial charge in [-0.2, -0.15) is 0 Å². The van der Waals surface area contributed by atoms with Crippen LogP contribution in [0.15, 0.2) is 36.4 Å². The van der Waals surface area contributed by atoms with E-state index >= 15 is 0 Å². The monoisotopic (exact) mass is 319 g/mol. The van der Waals surface area contributed by atoms with Crippen LogP contribution in [0.1, 0.15) is 21.7 Å². The van der Waals surface area contributed by atoms with E-state index in [9.17, 15) is 0 Å². The summed E-state index contributed by atoms with van der Waals surface area (Å²) in [7, 11) is 2.08. The number of aliphatic hydroxyl groups is 1. The largest absolute Gasteiger partial charge is 0.395 e. The summed E-state index contributed by atoms with van der Waals surface area (Å²) in [6.45, 7) is 1.81. The molecular formula is C17H18ClNOS. The van der Waals surface area contributed by atoms with Gasteiger partial charge in [-0.05, 0) is 30.8 Å². The normalized spacial score (nSPS) is 10.5. The van der Waals surface area contributed by atoms with E-state index in [0.29, 0.717) is 6.42 Å². The van der Waals surface area contributed by atoms with E-state index in [0.717, 1.165) is 28.6 Å². The topological polar surface area (TPSA) is 23.5 Å². The average molecular weight is 320 g/mol. The molecule has 1 aromatic heterocycles. The quantitative estimate of drug-likeness (QED) is 0.848. The fourth-order valence-electron chi connectivity index (χ4n) is 1.97. The third-order valence-electron chi connectivity index (χ3n) is 2.93. The highest BCUT2D eigenvalue weighted by molar-refractivity contribution is 7.12. The smallest absolute Gasteiger partial charge is 0.0771 e. The van der Waals surface area contributed by atoms with Crippen molar-refractivity contribution in [2.24, 2.45) is 0 Å². The number of hydrogen-bond acceptors (Lipinski definition) is 3. The number of hydrogen-bond donors (Lipinski definition) is 1. The summed E-state index contributed by atoms with van der Waals surface area (Å²) in [4.78, 5) is 4.56. The third-order valence-corrected chi connectivity index (χ3v) is 4.29. The molecule has 0 saturated heterocycles. The molecule has 2 nitrogen and oxygen atoms in total. The van der Waals surface area contributed by atoms with Gasteiger partial charge in [-0.1, -0.05) is 41.6 Å². The zero-order valence-corrected chi connectivity index (χ0v) is 13.5. The van der Waals surface area contributed by atoms with Gasteiger partial charge in [0.1, 0.15) is 0 Å². The first-order chi connectivity index (χ1) is 10.2. The van der Waals surface area contributed by atoms with Gasteiger partial charge >= 0.3 is 0 Å². The maximum Gasteiger partial charge on any atom is 0.0771 e. The van der Waals surface area contributed by atoms with Gasteiger partial charge in [0.25, 0.3) is 0 Å². The maximum absolute atomic E-state index is 8.71. The standard InChI is InChI=1S/C17H18ClNOS/c1-19(12-14-6-2-3-8-17(14)18)13-16-10-9-15(21-16)7-4-5-11-20/h2-3,6,8-10,20H,5,11-13H2,1H3. The minimum Gasteiger partial charge on any atom is -0.395 e. The van der Waals surface area contributed by atoms with Crippen LogP contribution in [0.2, 0.25) is 5.02 Å². The maximum atomic E-state index is 8.71. The van der Waals surface area contributed by atoms with E-state index < -0.39 is 0 Å². The second-order valence-electron chi connectivity index (χ2n) is 4.81. The summed E-state index contributed by atoms with van der Waals surface area (Å²) in [6, 6.07) is 12.1. The van der Waals surface area contributed by atoms with E-state index in [1.54, 1.807) is 11.3 Å². The average Bonchev–Trinajstić information content (AvgIpc) is 2.89. The lowest BCUT2D eigenvalue weighted by Gasteiger charge is -2.16. The van der Waals surface area contributed by atoms with E-state index in [4.69, 9.17) is 16.7 Å². The van der Waals surface area contributed by atoms with Crippen molar-refractivity contribution in [2.75, 3.05) is 13.7 Å². The summed E-state index contributed by atoms with van der Waals surface area (Å²) in [5.74, 6) is 6.01. The molecule has 0 amide bonds. The van der Waals surface area contributed by atoms with Crippen molar-refractivity contribution in [3.8, 4) is 11.8 Å². The van der Waals surface area contributed by atoms with Crippen LogP contribution >= 0.6 is 22.9 Å². The second-order valence-corrected chi connectivity index (χ2v) is 6.38. The fourth-order valence-corrected chi connectivity index (χ4v) is 3.13. The lowest BCUT2D eigenvalue weighted by atomic mass is 10.2. The number of aliphatic hydroxyl groups excluding tert-OH is 1. The van der Waals surface area contributed by atoms with Gasteiger partial charge in [-0.15, -0.1) is 11.3 Å². The number of halogens is 1. The highest BCUT2D eigenvalue weighted by atomic mass is 35.5. The summed E-state index contributed by atoms with van der Waals surface area (Å²) < 4.78 is 0. The molecule has 1 N–H and O–H groups in total. The van der Waals surface area contributed by atoms with Crippen LogP contribution < -0.4 is 0 Å². The van der Waals surface area contributed by atoms with E-state index in [-0.39, 0.29) is 6.61 Å². The predicted molar refractivity (Wildman–Crippen MR) is 89.5 cm³/mol. The highest BCUT2D eigenvalue weighted by Crippen LogP contribution is 2.20. The first-order valence-corrected chi connectivity index (χ1v) is 7.99. The lowest BCUT2D eigenvalue weighted by molar-refractivity contribution is 0.305. The summed E-state index contributed by atoms with van der Waals surface area (Å²) in [5.41, 5.74) is 1.14. The Morgan fingerprint density at radius 3 is 2.76 bits per heavy atom. The molecule has 0 fully saturated rings. The molecule has 0 saturated carbocycles. The van der Waals surface area contributed by atoms with E-state index in [1.807, 2.05) is 24.3 Å². The van der Waals surface area contributed by atoms with Crippen molar-refractivity contribution < 1.29 is 5.11 Å². The highest BCUT2D eigenvalue weighted by Gasteiger charge is 2.06. The lowest BCUT2D eigenvalue weighted by Crippen LogP contribution is -2.16. The molecule has 0 aliphatic rings. The van der Waals surface area contributed by atoms with Crippen molar-refractivity contribution in [3.05, 3.63) is 56.7 Å². The van der Waals surface area contributed by atoms with Gasteiger partial charge in [0.05, 0.1) is 11.5 Å². The minimum atomic E-state index is 0.117. The van der Waals surface area contributed by atoms with Crippen LogP contribution in [-0.4, -0.2) is 23.7 Å². The number of nitrogens with zero attached hydrogens (tertiary/aromatic N) is 1. The number of benzene rings is 1. The Morgan fingerprint density at radius 2 is 2.00 bits per heavy atom. The Kier molecular flexibility index (Phi) is 6.28. The molecule has 0 spiro atoms. The molecule has 1 heterocycles. The van der Waals surface area contributed by atoms with Crippen molar-refractivity contribution in [1.82, 2.24) is 4.90 Å². The minimum absolute atomic E-state index is 0.117. The van der Waals surface area contributed by atoms with Crippen molar-refractivity contribution in [2.45, 2.75) is 19.5 Å². The van der Waals surface area contributed by atoms with Crippen LogP contribution in [0, 0.1) is 11.8 Å². The molecule has 4 heteroatoms. The predicted octanol–water partition coefficient (Wildman–Crippen LogP) is 3.77. The zero-order chi connectivity index (χ0) is 15.1. The molecule has 0 unspecified atom stereocenters. The third kappa shape index (κ3) is 5.18. The SMILES string of the molecule is CN(Cc1ccc(C#CCCO)s1)Cc1ccccc1Cl. The Morgan fingerprint density at radius 1 is 1.19 bits per heavy atom. The van der Waals surface area contributed by atoms with Gasteiger partial charge in [-0.25, -0.2) is 0 Å². The van der Waals surface area contributed by atoms with Gasteiger partial charge in [0.15, 0.2) is 0 Å². The molecule has 2 rings (SSSR count). The fraction of sp³-hybridized carbons (Fsp3) is 0.294. The van der Waals surface area contributed by atoms with Crippen LogP contribution in [-0.2, 0) is 13.1 Å². The Labute approximate surface area is 135 Å². The molecule has 2 aromatic rings. The van der Waals surface area contributed by atoms with Crippen LogP contribution in [0.5, 0.6) is 0 Å². The molecule has 110 valence electrons. The summed E-state index contributed by atoms with van der Waals surface area (Å²) in [5, 5.41) is 9.53. The molecule has 0 bridgehead atoms. The van der Waals surface area contributed by atoms with Crippen molar-refractivity contribution >= 4 is 22.9 Å². The number of thiophene rings is 1. The summed E-state index contributed by atoms with van der Waals surface area (Å²) >= 11 is 7.88. The Balaban J connectivity index is 1.93. The van der Waals surface area contributed by atoms with Gasteiger partial charge in [0, 0.05) is 29.4 Å². The molecule has 21 heavy (non-hydrogen) atoms. The summed E-state index contributed by atoms with van der Waals surface area (Å²) in [6.07, 6.45) is 0.527. The molecule has 1 aromatic carbocycles. The Bertz CT molecular complexity index is 641. The van der Waals surface area contributed by atoms with Crippen LogP contribution in [0.4, 0.5) is 0 Å². The molecule has 0 radical (unpaired) electrons. The first kappa shape index (κ1) is 16.1. The van der Waals surface area contributed by atoms with E-state index in [1.165, 1.54) is 4.88 Å². The molecule has 0 atom stereocenters. The van der Waals surface area contributed by atoms with Crippen molar-refractivity contribution in [3.63, 3.8) is 0 Å². The van der Waals surface area contributed by atoms with E-state index in [2.05, 4.69) is 35.9 Å². The number of rotatable bonds is 5.